The maximum absolute atomic E-state index is 13.3. The predicted octanol–water partition coefficient (Wildman–Crippen LogP) is 5.11. The molecule has 1 saturated heterocycles. The molecule has 1 amide bonds. The van der Waals surface area contributed by atoms with E-state index in [-0.39, 0.29) is 23.8 Å². The highest BCUT2D eigenvalue weighted by Gasteiger charge is 2.31. The third-order valence-electron chi connectivity index (χ3n) is 4.93. The van der Waals surface area contributed by atoms with Crippen LogP contribution in [0.4, 0.5) is 19.3 Å². The van der Waals surface area contributed by atoms with Gasteiger partial charge in [0.2, 0.25) is 0 Å². The lowest BCUT2D eigenvalue weighted by atomic mass is 10.0. The van der Waals surface area contributed by atoms with E-state index in [0.29, 0.717) is 31.9 Å². The molecule has 1 atom stereocenters. The molecule has 28 heavy (non-hydrogen) atoms. The number of nitrogens with zero attached hydrogens (tertiary/aromatic N) is 3. The molecule has 0 N–H and O–H groups in total. The topological polar surface area (TPSA) is 45.1 Å². The van der Waals surface area contributed by atoms with E-state index in [2.05, 4.69) is 27.3 Å². The zero-order valence-electron chi connectivity index (χ0n) is 16.7. The molecular formula is C20H27F2N3O2S. The number of benzene rings is 1. The van der Waals surface area contributed by atoms with Gasteiger partial charge in [-0.2, -0.15) is 4.99 Å². The third kappa shape index (κ3) is 5.56. The number of hydrogen-bond acceptors (Lipinski definition) is 5. The number of halogens is 2. The van der Waals surface area contributed by atoms with E-state index in [1.165, 1.54) is 12.1 Å². The van der Waals surface area contributed by atoms with E-state index in [0.717, 1.165) is 17.5 Å². The van der Waals surface area contributed by atoms with Crippen molar-refractivity contribution in [2.45, 2.75) is 59.2 Å². The maximum Gasteiger partial charge on any atom is 0.410 e. The van der Waals surface area contributed by atoms with Gasteiger partial charge in [0.05, 0.1) is 17.0 Å². The van der Waals surface area contributed by atoms with Crippen LogP contribution in [0.3, 0.4) is 0 Å². The second-order valence-electron chi connectivity index (χ2n) is 7.25. The number of amides is 1. The lowest BCUT2D eigenvalue weighted by Gasteiger charge is -2.41. The van der Waals surface area contributed by atoms with Gasteiger partial charge in [-0.1, -0.05) is 6.92 Å². The fraction of sp³-hybridized carbons (Fsp3) is 0.600. The fourth-order valence-corrected chi connectivity index (χ4v) is 3.50. The van der Waals surface area contributed by atoms with Crippen LogP contribution in [0, 0.1) is 6.92 Å². The Morgan fingerprint density at radius 3 is 2.68 bits per heavy atom. The Labute approximate surface area is 170 Å². The van der Waals surface area contributed by atoms with Gasteiger partial charge in [-0.3, -0.25) is 4.90 Å². The van der Waals surface area contributed by atoms with Crippen molar-refractivity contribution in [1.82, 2.24) is 9.80 Å². The van der Waals surface area contributed by atoms with Gasteiger partial charge in [0.15, 0.2) is 0 Å². The van der Waals surface area contributed by atoms with Crippen LogP contribution in [-0.2, 0) is 11.3 Å². The van der Waals surface area contributed by atoms with E-state index in [9.17, 15) is 13.6 Å². The number of hydrogen-bond donors (Lipinski definition) is 0. The van der Waals surface area contributed by atoms with Gasteiger partial charge in [-0.05, 0) is 62.7 Å². The van der Waals surface area contributed by atoms with Crippen molar-refractivity contribution in [3.63, 3.8) is 0 Å². The molecule has 1 aromatic rings. The molecule has 0 radical (unpaired) electrons. The normalized spacial score (nSPS) is 17.7. The van der Waals surface area contributed by atoms with Crippen molar-refractivity contribution >= 4 is 29.2 Å². The molecule has 2 rings (SSSR count). The number of carbonyl (C=O) groups is 1. The molecule has 0 aromatic heterocycles. The summed E-state index contributed by atoms with van der Waals surface area (Å²) in [4.78, 5) is 20.2. The summed E-state index contributed by atoms with van der Waals surface area (Å²) in [6, 6.07) is 2.91. The van der Waals surface area contributed by atoms with Crippen LogP contribution >= 0.6 is 12.2 Å². The van der Waals surface area contributed by atoms with Gasteiger partial charge in [-0.15, -0.1) is 0 Å². The highest BCUT2D eigenvalue weighted by atomic mass is 32.1. The van der Waals surface area contributed by atoms with Crippen molar-refractivity contribution in [3.8, 4) is 0 Å². The lowest BCUT2D eigenvalue weighted by molar-refractivity contribution is 0.0293. The van der Waals surface area contributed by atoms with Crippen molar-refractivity contribution in [3.05, 3.63) is 28.8 Å². The Morgan fingerprint density at radius 2 is 2.11 bits per heavy atom. The summed E-state index contributed by atoms with van der Waals surface area (Å²) in [5, 5.41) is 2.26. The average Bonchev–Trinajstić information content (AvgIpc) is 2.64. The van der Waals surface area contributed by atoms with Crippen LogP contribution in [0.25, 0.3) is 0 Å². The first-order valence-corrected chi connectivity index (χ1v) is 9.86. The van der Waals surface area contributed by atoms with Crippen LogP contribution < -0.4 is 0 Å². The summed E-state index contributed by atoms with van der Waals surface area (Å²) >= 11 is 4.64. The lowest BCUT2D eigenvalue weighted by Crippen LogP contribution is -2.55. The van der Waals surface area contributed by atoms with E-state index in [1.807, 2.05) is 27.7 Å². The molecule has 0 spiro atoms. The Bertz CT molecular complexity index is 751. The second-order valence-corrected chi connectivity index (χ2v) is 7.43. The number of alkyl halides is 2. The van der Waals surface area contributed by atoms with Crippen molar-refractivity contribution in [1.29, 1.82) is 0 Å². The maximum atomic E-state index is 13.3. The largest absolute Gasteiger partial charge is 0.447 e. The number of isothiocyanates is 1. The van der Waals surface area contributed by atoms with Crippen LogP contribution in [-0.4, -0.2) is 52.8 Å². The summed E-state index contributed by atoms with van der Waals surface area (Å²) in [7, 11) is 0. The summed E-state index contributed by atoms with van der Waals surface area (Å²) in [6.45, 7) is 9.89. The molecule has 8 heteroatoms. The van der Waals surface area contributed by atoms with Gasteiger partial charge < -0.3 is 9.64 Å². The SMILES string of the molecule is CC[C@H]1CN(Cc2cc(C(F)F)cc(N=C=S)c2C)CCN1C(=O)OC(C)C. The van der Waals surface area contributed by atoms with Crippen LogP contribution in [0.2, 0.25) is 0 Å². The Morgan fingerprint density at radius 1 is 1.39 bits per heavy atom. The van der Waals surface area contributed by atoms with Crippen LogP contribution in [0.5, 0.6) is 0 Å². The van der Waals surface area contributed by atoms with Crippen LogP contribution in [0.1, 0.15) is 50.3 Å². The molecule has 0 saturated carbocycles. The zero-order chi connectivity index (χ0) is 20.8. The van der Waals surface area contributed by atoms with Gasteiger partial charge in [0.25, 0.3) is 6.43 Å². The Hall–Kier alpha value is -1.89. The van der Waals surface area contributed by atoms with Gasteiger partial charge in [0.1, 0.15) is 0 Å². The minimum Gasteiger partial charge on any atom is -0.447 e. The molecular weight excluding hydrogens is 384 g/mol. The summed E-state index contributed by atoms with van der Waals surface area (Å²) < 4.78 is 31.9. The van der Waals surface area contributed by atoms with Gasteiger partial charge >= 0.3 is 6.09 Å². The molecule has 0 aliphatic carbocycles. The fourth-order valence-electron chi connectivity index (χ4n) is 3.40. The molecule has 1 heterocycles. The number of aliphatic imine (C=N–C) groups is 1. The van der Waals surface area contributed by atoms with Gasteiger partial charge in [0, 0.05) is 37.8 Å². The number of rotatable bonds is 6. The first kappa shape index (κ1) is 22.4. The molecule has 0 bridgehead atoms. The van der Waals surface area contributed by atoms with Crippen molar-refractivity contribution in [2.24, 2.45) is 4.99 Å². The number of ether oxygens (including phenoxy) is 1. The predicted molar refractivity (Wildman–Crippen MR) is 109 cm³/mol. The minimum absolute atomic E-state index is 0.0250. The first-order valence-electron chi connectivity index (χ1n) is 9.45. The minimum atomic E-state index is -2.58. The molecule has 1 fully saturated rings. The molecule has 5 nitrogen and oxygen atoms in total. The van der Waals surface area contributed by atoms with E-state index in [4.69, 9.17) is 4.74 Å². The highest BCUT2D eigenvalue weighted by molar-refractivity contribution is 7.78. The smallest absolute Gasteiger partial charge is 0.410 e. The number of piperazine rings is 1. The first-order chi connectivity index (χ1) is 13.3. The molecule has 154 valence electrons. The van der Waals surface area contributed by atoms with Gasteiger partial charge in [-0.25, -0.2) is 13.6 Å². The molecule has 0 unspecified atom stereocenters. The monoisotopic (exact) mass is 411 g/mol. The Balaban J connectivity index is 2.18. The molecule has 1 aromatic carbocycles. The number of thiocarbonyl (C=S) groups is 1. The quantitative estimate of drug-likeness (QED) is 0.482. The van der Waals surface area contributed by atoms with E-state index >= 15 is 0 Å². The zero-order valence-corrected chi connectivity index (χ0v) is 17.6. The third-order valence-corrected chi connectivity index (χ3v) is 5.02. The summed E-state index contributed by atoms with van der Waals surface area (Å²) in [5.74, 6) is 0. The average molecular weight is 412 g/mol. The van der Waals surface area contributed by atoms with Crippen molar-refractivity contribution in [2.75, 3.05) is 19.6 Å². The van der Waals surface area contributed by atoms with Crippen LogP contribution in [0.15, 0.2) is 17.1 Å². The second kappa shape index (κ2) is 10.0. The standard InChI is InChI=1S/C20H27F2N3O2S/c1-5-17-11-24(6-7-25(17)20(26)27-13(2)3)10-16-8-15(19(21)22)9-18(14(16)4)23-12-28/h8-9,13,17,19H,5-7,10-11H2,1-4H3/t17-/m0/s1. The summed E-state index contributed by atoms with van der Waals surface area (Å²) in [5.41, 5.74) is 1.95. The van der Waals surface area contributed by atoms with E-state index in [1.54, 1.807) is 4.90 Å². The summed E-state index contributed by atoms with van der Waals surface area (Å²) in [6.07, 6.45) is -2.25. The molecule has 1 aliphatic heterocycles. The number of carbonyl (C=O) groups excluding carboxylic acids is 1. The molecule has 1 aliphatic rings. The van der Waals surface area contributed by atoms with Crippen molar-refractivity contribution < 1.29 is 18.3 Å². The Kier molecular flexibility index (Phi) is 8.04. The van der Waals surface area contributed by atoms with E-state index < -0.39 is 6.43 Å². The highest BCUT2D eigenvalue weighted by Crippen LogP contribution is 2.31.